The number of anilines is 1. The first-order chi connectivity index (χ1) is 8.99. The Kier molecular flexibility index (Phi) is 12.5. The minimum atomic E-state index is -3.20. The van der Waals surface area contributed by atoms with Crippen LogP contribution in [-0.2, 0) is 10.0 Å². The lowest BCUT2D eigenvalue weighted by atomic mass is 10.3. The molecule has 0 aliphatic carbocycles. The smallest absolute Gasteiger partial charge is 0.232 e. The first kappa shape index (κ1) is 20.1. The first-order valence-corrected chi connectivity index (χ1v) is 8.28. The average molecular weight is 289 g/mol. The van der Waals surface area contributed by atoms with Crippen LogP contribution in [0.1, 0.15) is 41.0 Å². The topological polar surface area (TPSA) is 55.4 Å². The molecule has 112 valence electrons. The molecular weight excluding hydrogens is 262 g/mol. The molecule has 0 bridgehead atoms. The molecule has 4 nitrogen and oxygen atoms in total. The summed E-state index contributed by atoms with van der Waals surface area (Å²) in [5.41, 5.74) is 0.520. The van der Waals surface area contributed by atoms with Gasteiger partial charge >= 0.3 is 0 Å². The van der Waals surface area contributed by atoms with Gasteiger partial charge in [-0.3, -0.25) is 4.72 Å². The van der Waals surface area contributed by atoms with E-state index in [1.54, 1.807) is 31.2 Å². The summed E-state index contributed by atoms with van der Waals surface area (Å²) in [6.07, 6.45) is 1.25. The van der Waals surface area contributed by atoms with Crippen molar-refractivity contribution in [3.8, 4) is 5.75 Å². The Balaban J connectivity index is 0. The highest BCUT2D eigenvalue weighted by atomic mass is 32.2. The van der Waals surface area contributed by atoms with E-state index in [9.17, 15) is 8.42 Å². The largest absolute Gasteiger partial charge is 0.497 e. The van der Waals surface area contributed by atoms with Crippen LogP contribution in [0, 0.1) is 0 Å². The van der Waals surface area contributed by atoms with Gasteiger partial charge in [0.05, 0.1) is 18.6 Å². The number of hydrogen-bond acceptors (Lipinski definition) is 3. The van der Waals surface area contributed by atoms with Gasteiger partial charge in [0.1, 0.15) is 5.75 Å². The van der Waals surface area contributed by atoms with Crippen molar-refractivity contribution < 1.29 is 13.2 Å². The third-order valence-corrected chi connectivity index (χ3v) is 3.03. The summed E-state index contributed by atoms with van der Waals surface area (Å²) in [7, 11) is -1.67. The molecule has 0 atom stereocenters. The third-order valence-electron chi connectivity index (χ3n) is 1.72. The van der Waals surface area contributed by atoms with Crippen molar-refractivity contribution in [2.45, 2.75) is 41.0 Å². The summed E-state index contributed by atoms with van der Waals surface area (Å²) in [4.78, 5) is 0. The second-order valence-corrected chi connectivity index (χ2v) is 5.46. The molecule has 0 radical (unpaired) electrons. The van der Waals surface area contributed by atoms with Crippen LogP contribution in [0.3, 0.4) is 0 Å². The second-order valence-electron chi connectivity index (χ2n) is 3.44. The molecule has 0 spiro atoms. The van der Waals surface area contributed by atoms with Crippen molar-refractivity contribution >= 4 is 15.7 Å². The van der Waals surface area contributed by atoms with Gasteiger partial charge in [0.25, 0.3) is 0 Å². The Hall–Kier alpha value is -1.23. The van der Waals surface area contributed by atoms with E-state index in [2.05, 4.69) is 18.6 Å². The fourth-order valence-electron chi connectivity index (χ4n) is 0.938. The summed E-state index contributed by atoms with van der Waals surface area (Å²) < 4.78 is 29.8. The number of benzene rings is 1. The van der Waals surface area contributed by atoms with Crippen molar-refractivity contribution in [2.24, 2.45) is 0 Å². The van der Waals surface area contributed by atoms with Crippen LogP contribution in [0.2, 0.25) is 0 Å². The Morgan fingerprint density at radius 2 is 1.68 bits per heavy atom. The summed E-state index contributed by atoms with van der Waals surface area (Å²) in [5.74, 6) is 0.686. The van der Waals surface area contributed by atoms with Gasteiger partial charge in [0.2, 0.25) is 10.0 Å². The fourth-order valence-corrected chi connectivity index (χ4v) is 1.57. The number of methoxy groups -OCH3 is 1. The van der Waals surface area contributed by atoms with E-state index in [0.717, 1.165) is 0 Å². The van der Waals surface area contributed by atoms with Crippen LogP contribution in [0.4, 0.5) is 5.69 Å². The predicted octanol–water partition coefficient (Wildman–Crippen LogP) is 3.90. The summed E-state index contributed by atoms with van der Waals surface area (Å²) in [6.45, 7) is 9.84. The zero-order valence-corrected chi connectivity index (χ0v) is 13.7. The van der Waals surface area contributed by atoms with Gasteiger partial charge in [-0.05, 0) is 19.1 Å². The van der Waals surface area contributed by atoms with E-state index >= 15 is 0 Å². The molecule has 1 aromatic carbocycles. The lowest BCUT2D eigenvalue weighted by Crippen LogP contribution is -2.14. The molecule has 19 heavy (non-hydrogen) atoms. The minimum Gasteiger partial charge on any atom is -0.497 e. The van der Waals surface area contributed by atoms with Crippen molar-refractivity contribution in [2.75, 3.05) is 17.6 Å². The average Bonchev–Trinajstić information content (AvgIpc) is 2.42. The van der Waals surface area contributed by atoms with Crippen LogP contribution in [-0.4, -0.2) is 21.3 Å². The standard InChI is InChI=1S/C9H13NO3S.C3H8.C2H6/c1-3-14(11,12)10-8-5-4-6-9(7-8)13-2;1-3-2;1-2/h4-7,10H,3H2,1-2H3;3H2,1-2H3;1-2H3. The van der Waals surface area contributed by atoms with Gasteiger partial charge in [0, 0.05) is 6.07 Å². The van der Waals surface area contributed by atoms with Crippen molar-refractivity contribution in [1.29, 1.82) is 0 Å². The van der Waals surface area contributed by atoms with Crippen LogP contribution in [0.5, 0.6) is 5.75 Å². The molecule has 5 heteroatoms. The van der Waals surface area contributed by atoms with E-state index in [1.807, 2.05) is 13.8 Å². The Morgan fingerprint density at radius 1 is 1.16 bits per heavy atom. The quantitative estimate of drug-likeness (QED) is 0.914. The number of nitrogens with one attached hydrogen (secondary N) is 1. The lowest BCUT2D eigenvalue weighted by Gasteiger charge is -2.06. The van der Waals surface area contributed by atoms with Gasteiger partial charge in [-0.25, -0.2) is 8.42 Å². The maximum atomic E-state index is 11.2. The Morgan fingerprint density at radius 3 is 2.11 bits per heavy atom. The number of hydrogen-bond donors (Lipinski definition) is 1. The van der Waals surface area contributed by atoms with Crippen LogP contribution in [0.25, 0.3) is 0 Å². The second kappa shape index (κ2) is 11.8. The van der Waals surface area contributed by atoms with E-state index in [1.165, 1.54) is 13.5 Å². The van der Waals surface area contributed by atoms with E-state index in [0.29, 0.717) is 11.4 Å². The molecular formula is C14H27NO3S. The molecule has 0 amide bonds. The van der Waals surface area contributed by atoms with Gasteiger partial charge < -0.3 is 4.74 Å². The normalized spacial score (nSPS) is 9.37. The summed E-state index contributed by atoms with van der Waals surface area (Å²) >= 11 is 0. The van der Waals surface area contributed by atoms with E-state index in [-0.39, 0.29) is 5.75 Å². The lowest BCUT2D eigenvalue weighted by molar-refractivity contribution is 0.415. The van der Waals surface area contributed by atoms with Gasteiger partial charge in [-0.2, -0.15) is 0 Å². The van der Waals surface area contributed by atoms with Crippen LogP contribution >= 0.6 is 0 Å². The molecule has 0 fully saturated rings. The SMILES string of the molecule is CC.CCC.CCS(=O)(=O)Nc1cccc(OC)c1. The predicted molar refractivity (Wildman–Crippen MR) is 83.4 cm³/mol. The molecule has 1 aromatic rings. The van der Waals surface area contributed by atoms with Crippen molar-refractivity contribution in [3.63, 3.8) is 0 Å². The maximum Gasteiger partial charge on any atom is 0.232 e. The molecule has 1 N–H and O–H groups in total. The van der Waals surface area contributed by atoms with Gasteiger partial charge in [0.15, 0.2) is 0 Å². The third kappa shape index (κ3) is 10.4. The Bertz CT molecular complexity index is 416. The van der Waals surface area contributed by atoms with Gasteiger partial charge in [-0.1, -0.05) is 40.2 Å². The number of ether oxygens (including phenoxy) is 1. The molecule has 1 rings (SSSR count). The first-order valence-electron chi connectivity index (χ1n) is 6.63. The maximum absolute atomic E-state index is 11.2. The highest BCUT2D eigenvalue weighted by molar-refractivity contribution is 7.92. The van der Waals surface area contributed by atoms with Crippen LogP contribution in [0.15, 0.2) is 24.3 Å². The van der Waals surface area contributed by atoms with Crippen LogP contribution < -0.4 is 9.46 Å². The van der Waals surface area contributed by atoms with E-state index in [4.69, 9.17) is 4.74 Å². The van der Waals surface area contributed by atoms with Crippen molar-refractivity contribution in [1.82, 2.24) is 0 Å². The zero-order valence-electron chi connectivity index (χ0n) is 12.9. The van der Waals surface area contributed by atoms with Gasteiger partial charge in [-0.15, -0.1) is 0 Å². The summed E-state index contributed by atoms with van der Waals surface area (Å²) in [6, 6.07) is 6.79. The highest BCUT2D eigenvalue weighted by Crippen LogP contribution is 2.17. The summed E-state index contributed by atoms with van der Waals surface area (Å²) in [5, 5.41) is 0. The van der Waals surface area contributed by atoms with E-state index < -0.39 is 10.0 Å². The molecule has 0 aromatic heterocycles. The molecule has 0 heterocycles. The molecule has 0 saturated carbocycles. The monoisotopic (exact) mass is 289 g/mol. The molecule has 0 aliphatic heterocycles. The fraction of sp³-hybridized carbons (Fsp3) is 0.571. The zero-order chi connectivity index (χ0) is 15.3. The number of sulfonamides is 1. The highest BCUT2D eigenvalue weighted by Gasteiger charge is 2.06. The van der Waals surface area contributed by atoms with Crippen molar-refractivity contribution in [3.05, 3.63) is 24.3 Å². The molecule has 0 aliphatic rings. The molecule has 0 saturated heterocycles. The number of rotatable bonds is 4. The Labute approximate surface area is 118 Å². The minimum absolute atomic E-state index is 0.0597. The molecule has 0 unspecified atom stereocenters.